The van der Waals surface area contributed by atoms with Gasteiger partial charge in [-0.2, -0.15) is 0 Å². The van der Waals surface area contributed by atoms with Gasteiger partial charge >= 0.3 is 5.97 Å². The smallest absolute Gasteiger partial charge is 0.331 e. The summed E-state index contributed by atoms with van der Waals surface area (Å²) in [6.07, 6.45) is 6.45. The molecule has 2 heterocycles. The first-order valence-electron chi connectivity index (χ1n) is 14.8. The molecule has 38 heavy (non-hydrogen) atoms. The van der Waals surface area contributed by atoms with E-state index in [4.69, 9.17) is 18.9 Å². The van der Waals surface area contributed by atoms with E-state index < -0.39 is 36.3 Å². The van der Waals surface area contributed by atoms with Gasteiger partial charge in [-0.25, -0.2) is 4.79 Å². The fraction of sp³-hybridized carbons (Fsp3) is 0.900. The van der Waals surface area contributed by atoms with Crippen LogP contribution in [0.1, 0.15) is 78.6 Å². The van der Waals surface area contributed by atoms with Crippen LogP contribution in [0.5, 0.6) is 0 Å². The summed E-state index contributed by atoms with van der Waals surface area (Å²) in [6.45, 7) is 6.87. The van der Waals surface area contributed by atoms with E-state index in [9.17, 15) is 20.1 Å². The van der Waals surface area contributed by atoms with Gasteiger partial charge in [0.15, 0.2) is 6.29 Å². The van der Waals surface area contributed by atoms with Crippen molar-refractivity contribution in [2.75, 3.05) is 13.7 Å². The Morgan fingerprint density at radius 2 is 1.79 bits per heavy atom. The normalized spacial score (nSPS) is 54.5. The van der Waals surface area contributed by atoms with E-state index >= 15 is 0 Å². The van der Waals surface area contributed by atoms with E-state index in [1.165, 1.54) is 7.11 Å². The van der Waals surface area contributed by atoms with Crippen molar-refractivity contribution in [3.63, 3.8) is 0 Å². The molecule has 0 radical (unpaired) electrons. The molecule has 0 unspecified atom stereocenters. The fourth-order valence-corrected chi connectivity index (χ4v) is 10.1. The average molecular weight is 535 g/mol. The highest BCUT2D eigenvalue weighted by Crippen LogP contribution is 2.70. The SMILES string of the molecule is CO[C@H]1[C@@H](O)[C@H](C)O[C@@H](O[C@H]2CC[C@@]3(C)[C@H](CC[C@@H]4[C@@H]3CC[C@]3(C)[C@@H](C5=CC(=O)OC5)CC[C@]43O)C2)[C@@H]1O. The number of rotatable bonds is 4. The van der Waals surface area contributed by atoms with E-state index in [1.54, 1.807) is 13.0 Å². The Bertz CT molecular complexity index is 968. The quantitative estimate of drug-likeness (QED) is 0.372. The minimum absolute atomic E-state index is 0.0103. The summed E-state index contributed by atoms with van der Waals surface area (Å²) >= 11 is 0. The first kappa shape index (κ1) is 27.2. The molecule has 8 heteroatoms. The van der Waals surface area contributed by atoms with Crippen LogP contribution >= 0.6 is 0 Å². The molecule has 0 aromatic carbocycles. The molecule has 4 aliphatic carbocycles. The van der Waals surface area contributed by atoms with Crippen LogP contribution < -0.4 is 0 Å². The van der Waals surface area contributed by atoms with E-state index in [0.717, 1.165) is 63.4 Å². The first-order chi connectivity index (χ1) is 18.0. The van der Waals surface area contributed by atoms with Crippen molar-refractivity contribution in [3.05, 3.63) is 11.6 Å². The molecule has 13 atom stereocenters. The van der Waals surface area contributed by atoms with Gasteiger partial charge in [0.2, 0.25) is 0 Å². The van der Waals surface area contributed by atoms with Gasteiger partial charge in [-0.3, -0.25) is 0 Å². The van der Waals surface area contributed by atoms with Crippen LogP contribution in [0.25, 0.3) is 0 Å². The molecule has 4 saturated carbocycles. The Morgan fingerprint density at radius 1 is 1.00 bits per heavy atom. The summed E-state index contributed by atoms with van der Waals surface area (Å²) in [7, 11) is 1.49. The number of cyclic esters (lactones) is 1. The number of hydrogen-bond donors (Lipinski definition) is 3. The molecule has 1 saturated heterocycles. The second-order valence-corrected chi connectivity index (χ2v) is 13.7. The van der Waals surface area contributed by atoms with Gasteiger partial charge < -0.3 is 34.3 Å². The number of aliphatic hydroxyl groups excluding tert-OH is 2. The van der Waals surface area contributed by atoms with Crippen LogP contribution in [0.2, 0.25) is 0 Å². The maximum atomic E-state index is 12.4. The molecule has 214 valence electrons. The van der Waals surface area contributed by atoms with Gasteiger partial charge in [0, 0.05) is 18.6 Å². The molecule has 0 bridgehead atoms. The molecule has 5 fully saturated rings. The zero-order chi connectivity index (χ0) is 27.0. The summed E-state index contributed by atoms with van der Waals surface area (Å²) in [6, 6.07) is 0. The van der Waals surface area contributed by atoms with Crippen LogP contribution in [0, 0.1) is 34.5 Å². The number of methoxy groups -OCH3 is 1. The number of esters is 1. The summed E-state index contributed by atoms with van der Waals surface area (Å²) in [4.78, 5) is 11.8. The molecule has 0 spiro atoms. The monoisotopic (exact) mass is 534 g/mol. The summed E-state index contributed by atoms with van der Waals surface area (Å²) in [5.74, 6) is 1.22. The van der Waals surface area contributed by atoms with Gasteiger partial charge in [0.25, 0.3) is 0 Å². The Kier molecular flexibility index (Phi) is 6.80. The number of carbonyl (C=O) groups is 1. The highest BCUT2D eigenvalue weighted by molar-refractivity contribution is 5.85. The minimum atomic E-state index is -1.04. The van der Waals surface area contributed by atoms with Crippen LogP contribution in [-0.2, 0) is 23.7 Å². The van der Waals surface area contributed by atoms with E-state index in [0.29, 0.717) is 18.4 Å². The van der Waals surface area contributed by atoms with Crippen LogP contribution in [0.3, 0.4) is 0 Å². The third-order valence-corrected chi connectivity index (χ3v) is 12.3. The predicted octanol–water partition coefficient (Wildman–Crippen LogP) is 3.11. The van der Waals surface area contributed by atoms with Gasteiger partial charge in [0.05, 0.1) is 17.8 Å². The summed E-state index contributed by atoms with van der Waals surface area (Å²) in [5, 5.41) is 33.5. The number of carbonyl (C=O) groups excluding carboxylic acids is 1. The highest BCUT2D eigenvalue weighted by Gasteiger charge is 2.67. The Balaban J connectivity index is 1.16. The average Bonchev–Trinajstić information content (AvgIpc) is 3.43. The number of hydrogen-bond acceptors (Lipinski definition) is 8. The number of ether oxygens (including phenoxy) is 4. The van der Waals surface area contributed by atoms with Crippen molar-refractivity contribution in [1.82, 2.24) is 0 Å². The lowest BCUT2D eigenvalue weighted by molar-refractivity contribution is -0.313. The standard InChI is InChI=1S/C30H46O8/c1-16-24(32)26(35-4)25(33)27(37-16)38-19-7-10-28(2)18(14-19)5-6-22-21(28)8-11-29(3)20(9-12-30(22,29)34)17-13-23(31)36-15-17/h13,16,18-22,24-27,32-34H,5-12,14-15H2,1-4H3/t16-,18+,19-,20+,21-,22+,24-,25+,26-,27-,28-,29+,30-/m0/s1. The molecular weight excluding hydrogens is 488 g/mol. The predicted molar refractivity (Wildman–Crippen MR) is 138 cm³/mol. The molecule has 6 rings (SSSR count). The molecule has 8 nitrogen and oxygen atoms in total. The zero-order valence-electron chi connectivity index (χ0n) is 23.3. The van der Waals surface area contributed by atoms with Crippen LogP contribution in [0.15, 0.2) is 11.6 Å². The lowest BCUT2D eigenvalue weighted by Crippen LogP contribution is -2.62. The lowest BCUT2D eigenvalue weighted by Gasteiger charge is -2.64. The van der Waals surface area contributed by atoms with Gasteiger partial charge in [-0.1, -0.05) is 13.8 Å². The summed E-state index contributed by atoms with van der Waals surface area (Å²) in [5.41, 5.74) is 0.300. The minimum Gasteiger partial charge on any atom is -0.458 e. The molecule has 2 aliphatic heterocycles. The topological polar surface area (TPSA) is 115 Å². The Hall–Kier alpha value is -1.03. The Morgan fingerprint density at radius 3 is 2.50 bits per heavy atom. The van der Waals surface area contributed by atoms with Crippen molar-refractivity contribution in [2.24, 2.45) is 34.5 Å². The fourth-order valence-electron chi connectivity index (χ4n) is 10.1. The van der Waals surface area contributed by atoms with Crippen molar-refractivity contribution in [1.29, 1.82) is 0 Å². The van der Waals surface area contributed by atoms with Crippen molar-refractivity contribution >= 4 is 5.97 Å². The maximum Gasteiger partial charge on any atom is 0.331 e. The first-order valence-corrected chi connectivity index (χ1v) is 14.8. The van der Waals surface area contributed by atoms with E-state index in [2.05, 4.69) is 13.8 Å². The number of fused-ring (bicyclic) bond motifs is 5. The lowest BCUT2D eigenvalue weighted by atomic mass is 9.43. The zero-order valence-corrected chi connectivity index (χ0v) is 23.3. The largest absolute Gasteiger partial charge is 0.458 e. The molecular formula is C30H46O8. The van der Waals surface area contributed by atoms with Gasteiger partial charge in [0.1, 0.15) is 24.9 Å². The van der Waals surface area contributed by atoms with Gasteiger partial charge in [-0.05, 0) is 99.4 Å². The third kappa shape index (κ3) is 3.88. The Labute approximate surface area is 226 Å². The molecule has 0 aromatic rings. The molecule has 3 N–H and O–H groups in total. The molecule has 0 aromatic heterocycles. The highest BCUT2D eigenvalue weighted by atomic mass is 16.7. The second-order valence-electron chi connectivity index (χ2n) is 13.7. The number of aliphatic hydroxyl groups is 3. The third-order valence-electron chi connectivity index (χ3n) is 12.3. The van der Waals surface area contributed by atoms with Gasteiger partial charge in [-0.15, -0.1) is 0 Å². The molecule has 6 aliphatic rings. The molecule has 0 amide bonds. The van der Waals surface area contributed by atoms with Crippen LogP contribution in [-0.4, -0.2) is 77.4 Å². The van der Waals surface area contributed by atoms with E-state index in [1.807, 2.05) is 0 Å². The second kappa shape index (κ2) is 9.52. The van der Waals surface area contributed by atoms with Crippen molar-refractivity contribution < 1.29 is 39.1 Å². The van der Waals surface area contributed by atoms with Crippen LogP contribution in [0.4, 0.5) is 0 Å². The summed E-state index contributed by atoms with van der Waals surface area (Å²) < 4.78 is 22.8. The van der Waals surface area contributed by atoms with E-state index in [-0.39, 0.29) is 34.7 Å². The maximum absolute atomic E-state index is 12.4. The van der Waals surface area contributed by atoms with Crippen molar-refractivity contribution in [3.8, 4) is 0 Å². The van der Waals surface area contributed by atoms with Crippen molar-refractivity contribution in [2.45, 2.75) is 121 Å².